The average Bonchev–Trinajstić information content (AvgIpc) is 2.71. The van der Waals surface area contributed by atoms with Crippen molar-refractivity contribution in [3.63, 3.8) is 0 Å². The number of nitro benzene ring substituents is 1. The van der Waals surface area contributed by atoms with E-state index in [1.165, 1.54) is 18.3 Å². The van der Waals surface area contributed by atoms with Crippen molar-refractivity contribution in [3.05, 3.63) is 28.4 Å². The van der Waals surface area contributed by atoms with E-state index in [1.54, 1.807) is 4.68 Å². The Labute approximate surface area is 101 Å². The van der Waals surface area contributed by atoms with E-state index in [0.717, 1.165) is 0 Å². The van der Waals surface area contributed by atoms with Crippen LogP contribution < -0.4 is 5.32 Å². The van der Waals surface area contributed by atoms with E-state index in [2.05, 4.69) is 10.4 Å². The Morgan fingerprint density at radius 2 is 2.33 bits per heavy atom. The van der Waals surface area contributed by atoms with Crippen molar-refractivity contribution >= 4 is 28.4 Å². The van der Waals surface area contributed by atoms with E-state index in [1.807, 2.05) is 6.92 Å². The third kappa shape index (κ3) is 1.95. The van der Waals surface area contributed by atoms with Gasteiger partial charge in [0.2, 0.25) is 0 Å². The molecule has 0 saturated carbocycles. The van der Waals surface area contributed by atoms with E-state index in [9.17, 15) is 14.9 Å². The van der Waals surface area contributed by atoms with Gasteiger partial charge in [-0.15, -0.1) is 0 Å². The van der Waals surface area contributed by atoms with Crippen LogP contribution in [-0.4, -0.2) is 25.9 Å². The van der Waals surface area contributed by atoms with Gasteiger partial charge in [0.25, 0.3) is 5.69 Å². The highest BCUT2D eigenvalue weighted by Crippen LogP contribution is 2.29. The number of carboxylic acid groups (broad SMARTS) is 1. The lowest BCUT2D eigenvalue weighted by Crippen LogP contribution is -2.08. The number of carbonyl (C=O) groups is 1. The fourth-order valence-electron chi connectivity index (χ4n) is 1.74. The predicted octanol–water partition coefficient (Wildman–Crippen LogP) is 2.05. The first kappa shape index (κ1) is 11.8. The minimum absolute atomic E-state index is 0.159. The standard InChI is InChI=1S/C10H10N4O4/c1-2-13-9-4-6(14(17)18)3-8(12-10(15)16)7(9)5-11-13/h3-5,12H,2H2,1H3,(H,15,16). The second kappa shape index (κ2) is 4.32. The molecule has 18 heavy (non-hydrogen) atoms. The summed E-state index contributed by atoms with van der Waals surface area (Å²) in [7, 11) is 0. The maximum Gasteiger partial charge on any atom is 0.409 e. The zero-order chi connectivity index (χ0) is 13.3. The number of aromatic nitrogens is 2. The summed E-state index contributed by atoms with van der Waals surface area (Å²) < 4.78 is 1.56. The van der Waals surface area contributed by atoms with Gasteiger partial charge in [0.05, 0.1) is 22.3 Å². The second-order valence-corrected chi connectivity index (χ2v) is 3.57. The molecule has 0 saturated heterocycles. The van der Waals surface area contributed by atoms with Crippen LogP contribution in [0.5, 0.6) is 0 Å². The molecule has 0 aliphatic heterocycles. The minimum Gasteiger partial charge on any atom is -0.465 e. The van der Waals surface area contributed by atoms with Crippen LogP contribution in [0.2, 0.25) is 0 Å². The molecule has 1 aromatic carbocycles. The third-order valence-electron chi connectivity index (χ3n) is 2.50. The van der Waals surface area contributed by atoms with Gasteiger partial charge in [-0.25, -0.2) is 4.79 Å². The van der Waals surface area contributed by atoms with Gasteiger partial charge in [0.15, 0.2) is 0 Å². The molecule has 2 N–H and O–H groups in total. The fourth-order valence-corrected chi connectivity index (χ4v) is 1.74. The average molecular weight is 250 g/mol. The molecule has 1 aromatic heterocycles. The van der Waals surface area contributed by atoms with Crippen molar-refractivity contribution in [3.8, 4) is 0 Å². The molecule has 0 unspecified atom stereocenters. The van der Waals surface area contributed by atoms with Gasteiger partial charge < -0.3 is 5.11 Å². The largest absolute Gasteiger partial charge is 0.465 e. The number of amides is 1. The number of hydrogen-bond donors (Lipinski definition) is 2. The summed E-state index contributed by atoms with van der Waals surface area (Å²) in [5, 5.41) is 26.2. The topological polar surface area (TPSA) is 110 Å². The molecular weight excluding hydrogens is 240 g/mol. The molecule has 94 valence electrons. The van der Waals surface area contributed by atoms with Gasteiger partial charge in [-0.05, 0) is 6.92 Å². The summed E-state index contributed by atoms with van der Waals surface area (Å²) in [6.07, 6.45) is 0.203. The highest BCUT2D eigenvalue weighted by atomic mass is 16.6. The Bertz CT molecular complexity index is 634. The number of rotatable bonds is 3. The number of anilines is 1. The number of fused-ring (bicyclic) bond motifs is 1. The highest BCUT2D eigenvalue weighted by Gasteiger charge is 2.16. The molecule has 0 atom stereocenters. The lowest BCUT2D eigenvalue weighted by Gasteiger charge is -2.04. The number of hydrogen-bond acceptors (Lipinski definition) is 4. The van der Waals surface area contributed by atoms with E-state index < -0.39 is 11.0 Å². The molecule has 8 nitrogen and oxygen atoms in total. The van der Waals surface area contributed by atoms with Crippen molar-refractivity contribution in [2.24, 2.45) is 0 Å². The molecule has 0 radical (unpaired) electrons. The van der Waals surface area contributed by atoms with Crippen LogP contribution in [0.15, 0.2) is 18.3 Å². The van der Waals surface area contributed by atoms with E-state index >= 15 is 0 Å². The van der Waals surface area contributed by atoms with Gasteiger partial charge in [0, 0.05) is 24.1 Å². The van der Waals surface area contributed by atoms with Crippen molar-refractivity contribution in [1.29, 1.82) is 0 Å². The first-order valence-electron chi connectivity index (χ1n) is 5.17. The number of benzene rings is 1. The molecular formula is C10H10N4O4. The molecule has 0 aliphatic carbocycles. The van der Waals surface area contributed by atoms with Crippen molar-refractivity contribution in [1.82, 2.24) is 9.78 Å². The Kier molecular flexibility index (Phi) is 2.84. The maximum atomic E-state index is 10.8. The third-order valence-corrected chi connectivity index (χ3v) is 2.50. The summed E-state index contributed by atoms with van der Waals surface area (Å²) in [5.74, 6) is 0. The first-order valence-corrected chi connectivity index (χ1v) is 5.17. The molecule has 1 amide bonds. The summed E-state index contributed by atoms with van der Waals surface area (Å²) in [6, 6.07) is 2.55. The fraction of sp³-hybridized carbons (Fsp3) is 0.200. The van der Waals surface area contributed by atoms with Gasteiger partial charge >= 0.3 is 6.09 Å². The highest BCUT2D eigenvalue weighted by molar-refractivity contribution is 5.99. The first-order chi connectivity index (χ1) is 8.52. The summed E-state index contributed by atoms with van der Waals surface area (Å²) >= 11 is 0. The van der Waals surface area contributed by atoms with Gasteiger partial charge in [-0.3, -0.25) is 20.1 Å². The summed E-state index contributed by atoms with van der Waals surface area (Å²) in [5.41, 5.74) is 0.503. The molecule has 8 heteroatoms. The van der Waals surface area contributed by atoms with E-state index in [0.29, 0.717) is 17.4 Å². The van der Waals surface area contributed by atoms with Crippen LogP contribution in [-0.2, 0) is 6.54 Å². The molecule has 2 aromatic rings. The molecule has 0 spiro atoms. The van der Waals surface area contributed by atoms with Crippen LogP contribution >= 0.6 is 0 Å². The summed E-state index contributed by atoms with van der Waals surface area (Å²) in [4.78, 5) is 20.9. The van der Waals surface area contributed by atoms with Crippen molar-refractivity contribution in [2.75, 3.05) is 5.32 Å². The zero-order valence-electron chi connectivity index (χ0n) is 9.45. The second-order valence-electron chi connectivity index (χ2n) is 3.57. The summed E-state index contributed by atoms with van der Waals surface area (Å²) in [6.45, 7) is 2.38. The Morgan fingerprint density at radius 3 is 2.89 bits per heavy atom. The Hall–Kier alpha value is -2.64. The van der Waals surface area contributed by atoms with Crippen molar-refractivity contribution < 1.29 is 14.8 Å². The normalized spacial score (nSPS) is 10.5. The van der Waals surface area contributed by atoms with Crippen LogP contribution in [0.1, 0.15) is 6.92 Å². The van der Waals surface area contributed by atoms with Crippen LogP contribution in [0.25, 0.3) is 10.9 Å². The smallest absolute Gasteiger partial charge is 0.409 e. The van der Waals surface area contributed by atoms with Crippen LogP contribution in [0.4, 0.5) is 16.2 Å². The SMILES string of the molecule is CCn1ncc2c(NC(=O)O)cc([N+](=O)[O-])cc21. The number of nitrogens with zero attached hydrogens (tertiary/aromatic N) is 3. The predicted molar refractivity (Wildman–Crippen MR) is 63.7 cm³/mol. The van der Waals surface area contributed by atoms with Gasteiger partial charge in [-0.2, -0.15) is 5.10 Å². The number of nitrogens with one attached hydrogen (secondary N) is 1. The minimum atomic E-state index is -1.28. The molecule has 0 aliphatic rings. The Balaban J connectivity index is 2.70. The Morgan fingerprint density at radius 1 is 1.61 bits per heavy atom. The number of nitro groups is 1. The zero-order valence-corrected chi connectivity index (χ0v) is 9.45. The van der Waals surface area contributed by atoms with Gasteiger partial charge in [-0.1, -0.05) is 0 Å². The van der Waals surface area contributed by atoms with Gasteiger partial charge in [0.1, 0.15) is 0 Å². The quantitative estimate of drug-likeness (QED) is 0.639. The van der Waals surface area contributed by atoms with Crippen LogP contribution in [0, 0.1) is 10.1 Å². The number of non-ortho nitro benzene ring substituents is 1. The number of aryl methyl sites for hydroxylation is 1. The monoisotopic (exact) mass is 250 g/mol. The van der Waals surface area contributed by atoms with Crippen LogP contribution in [0.3, 0.4) is 0 Å². The molecule has 2 rings (SSSR count). The van der Waals surface area contributed by atoms with E-state index in [-0.39, 0.29) is 11.4 Å². The maximum absolute atomic E-state index is 10.8. The van der Waals surface area contributed by atoms with E-state index in [4.69, 9.17) is 5.11 Å². The lowest BCUT2D eigenvalue weighted by molar-refractivity contribution is -0.384. The van der Waals surface area contributed by atoms with Crippen molar-refractivity contribution in [2.45, 2.75) is 13.5 Å². The molecule has 0 bridgehead atoms. The lowest BCUT2D eigenvalue weighted by atomic mass is 10.2. The molecule has 0 fully saturated rings. The molecule has 1 heterocycles.